The predicted molar refractivity (Wildman–Crippen MR) is 96.6 cm³/mol. The van der Waals surface area contributed by atoms with Crippen LogP contribution in [0.4, 0.5) is 0 Å². The smallest absolute Gasteiger partial charge is 0.226 e. The van der Waals surface area contributed by atoms with E-state index in [1.165, 1.54) is 5.56 Å². The lowest BCUT2D eigenvalue weighted by atomic mass is 9.98. The van der Waals surface area contributed by atoms with Gasteiger partial charge in [0.25, 0.3) is 0 Å². The Morgan fingerprint density at radius 1 is 1.43 bits per heavy atom. The van der Waals surface area contributed by atoms with Gasteiger partial charge in [0.2, 0.25) is 5.91 Å². The topological polar surface area (TPSA) is 54.0 Å². The lowest BCUT2D eigenvalue weighted by Gasteiger charge is -2.22. The Morgan fingerprint density at radius 2 is 2.26 bits per heavy atom. The number of benzene rings is 1. The molecule has 2 aromatic rings. The molecule has 5 heteroatoms. The molecular formula is C18H23N3OS. The molecule has 3 rings (SSSR count). The molecule has 2 N–H and O–H groups in total. The van der Waals surface area contributed by atoms with Gasteiger partial charge in [0.05, 0.1) is 16.6 Å². The number of rotatable bonds is 5. The van der Waals surface area contributed by atoms with Crippen molar-refractivity contribution in [3.05, 3.63) is 34.8 Å². The molecule has 1 aliphatic rings. The fraction of sp³-hybridized carbons (Fsp3) is 0.444. The molecule has 1 amide bonds. The third kappa shape index (κ3) is 4.39. The number of amides is 1. The van der Waals surface area contributed by atoms with Crippen LogP contribution in [0.5, 0.6) is 0 Å². The van der Waals surface area contributed by atoms with Crippen molar-refractivity contribution in [1.29, 1.82) is 0 Å². The van der Waals surface area contributed by atoms with Crippen LogP contribution in [0.2, 0.25) is 0 Å². The van der Waals surface area contributed by atoms with E-state index in [-0.39, 0.29) is 5.91 Å². The Morgan fingerprint density at radius 3 is 3.04 bits per heavy atom. The summed E-state index contributed by atoms with van der Waals surface area (Å²) >= 11 is 1.61. The van der Waals surface area contributed by atoms with Crippen LogP contribution >= 0.6 is 11.3 Å². The molecule has 1 fully saturated rings. The van der Waals surface area contributed by atoms with Gasteiger partial charge in [-0.15, -0.1) is 11.3 Å². The summed E-state index contributed by atoms with van der Waals surface area (Å²) in [6.07, 6.45) is 6.77. The number of carbonyl (C=O) groups is 1. The van der Waals surface area contributed by atoms with Crippen molar-refractivity contribution in [3.8, 4) is 0 Å². The molecule has 2 heterocycles. The molecule has 0 bridgehead atoms. The third-order valence-electron chi connectivity index (χ3n) is 4.17. The van der Waals surface area contributed by atoms with Crippen LogP contribution in [-0.4, -0.2) is 30.5 Å². The van der Waals surface area contributed by atoms with Crippen molar-refractivity contribution >= 4 is 33.5 Å². The number of aromatic nitrogens is 1. The summed E-state index contributed by atoms with van der Waals surface area (Å²) < 4.78 is 1.14. The van der Waals surface area contributed by atoms with Gasteiger partial charge in [-0.1, -0.05) is 18.2 Å². The van der Waals surface area contributed by atoms with Gasteiger partial charge in [-0.25, -0.2) is 4.98 Å². The number of hydrogen-bond donors (Lipinski definition) is 2. The average molecular weight is 329 g/mol. The zero-order valence-electron chi connectivity index (χ0n) is 13.5. The van der Waals surface area contributed by atoms with E-state index < -0.39 is 0 Å². The van der Waals surface area contributed by atoms with E-state index in [1.54, 1.807) is 11.3 Å². The van der Waals surface area contributed by atoms with Crippen LogP contribution in [0.15, 0.2) is 24.3 Å². The fourth-order valence-corrected chi connectivity index (χ4v) is 3.92. The van der Waals surface area contributed by atoms with Gasteiger partial charge in [-0.2, -0.15) is 0 Å². The molecule has 0 aliphatic carbocycles. The summed E-state index contributed by atoms with van der Waals surface area (Å²) in [4.78, 5) is 16.7. The molecule has 0 unspecified atom stereocenters. The van der Waals surface area contributed by atoms with Gasteiger partial charge in [-0.3, -0.25) is 4.79 Å². The van der Waals surface area contributed by atoms with Crippen LogP contribution in [0.1, 0.15) is 30.3 Å². The fourth-order valence-electron chi connectivity index (χ4n) is 2.90. The second-order valence-corrected chi connectivity index (χ2v) is 7.12. The van der Waals surface area contributed by atoms with Crippen LogP contribution in [0, 0.1) is 5.92 Å². The maximum absolute atomic E-state index is 12.1. The molecule has 122 valence electrons. The highest BCUT2D eigenvalue weighted by molar-refractivity contribution is 7.18. The van der Waals surface area contributed by atoms with Gasteiger partial charge >= 0.3 is 0 Å². The zero-order valence-corrected chi connectivity index (χ0v) is 14.3. The number of piperidine rings is 1. The molecule has 1 saturated heterocycles. The number of allylic oxidation sites excluding steroid dienone is 1. The first-order valence-electron chi connectivity index (χ1n) is 8.24. The number of fused-ring (bicyclic) bond motifs is 1. The van der Waals surface area contributed by atoms with E-state index in [9.17, 15) is 4.79 Å². The molecule has 23 heavy (non-hydrogen) atoms. The maximum atomic E-state index is 12.1. The number of thiazole rings is 1. The standard InChI is InChI=1S/C18H23N3OS/c1-2-3-13-4-5-15-16(10-13)23-18(21-15)11-17(22)20-12-14-6-8-19-9-7-14/h2-5,10,14,19H,6-9,11-12H2,1H3,(H,20,22)/b3-2+. The quantitative estimate of drug-likeness (QED) is 0.887. The lowest BCUT2D eigenvalue weighted by Crippen LogP contribution is -2.36. The number of carbonyl (C=O) groups excluding carboxylic acids is 1. The van der Waals surface area contributed by atoms with Crippen LogP contribution in [0.25, 0.3) is 16.3 Å². The maximum Gasteiger partial charge on any atom is 0.226 e. The van der Waals surface area contributed by atoms with Crippen LogP contribution in [0.3, 0.4) is 0 Å². The zero-order chi connectivity index (χ0) is 16.1. The highest BCUT2D eigenvalue weighted by Gasteiger charge is 2.15. The molecule has 0 spiro atoms. The molecule has 1 aromatic heterocycles. The van der Waals surface area contributed by atoms with Crippen molar-refractivity contribution < 1.29 is 4.79 Å². The summed E-state index contributed by atoms with van der Waals surface area (Å²) in [7, 11) is 0. The molecule has 1 aliphatic heterocycles. The van der Waals surface area contributed by atoms with E-state index in [2.05, 4.69) is 33.8 Å². The Hall–Kier alpha value is -1.72. The first-order valence-corrected chi connectivity index (χ1v) is 9.06. The minimum atomic E-state index is 0.0799. The van der Waals surface area contributed by atoms with E-state index in [0.29, 0.717) is 12.3 Å². The first kappa shape index (κ1) is 16.1. The SMILES string of the molecule is C/C=C/c1ccc2nc(CC(=O)NCC3CCNCC3)sc2c1. The van der Waals surface area contributed by atoms with Gasteiger partial charge in [-0.05, 0) is 56.5 Å². The first-order chi connectivity index (χ1) is 11.2. The van der Waals surface area contributed by atoms with Crippen molar-refractivity contribution in [2.24, 2.45) is 5.92 Å². The van der Waals surface area contributed by atoms with Gasteiger partial charge < -0.3 is 10.6 Å². The van der Waals surface area contributed by atoms with Crippen molar-refractivity contribution in [3.63, 3.8) is 0 Å². The minimum Gasteiger partial charge on any atom is -0.355 e. The monoisotopic (exact) mass is 329 g/mol. The second kappa shape index (κ2) is 7.70. The van der Waals surface area contributed by atoms with Crippen LogP contribution < -0.4 is 10.6 Å². The molecule has 0 radical (unpaired) electrons. The van der Waals surface area contributed by atoms with Crippen molar-refractivity contribution in [2.45, 2.75) is 26.2 Å². The molecule has 0 atom stereocenters. The van der Waals surface area contributed by atoms with E-state index >= 15 is 0 Å². The minimum absolute atomic E-state index is 0.0799. The average Bonchev–Trinajstić information content (AvgIpc) is 2.95. The van der Waals surface area contributed by atoms with Gasteiger partial charge in [0, 0.05) is 6.54 Å². The summed E-state index contributed by atoms with van der Waals surface area (Å²) in [5.74, 6) is 0.690. The number of hydrogen-bond acceptors (Lipinski definition) is 4. The van der Waals surface area contributed by atoms with Gasteiger partial charge in [0.15, 0.2) is 0 Å². The summed E-state index contributed by atoms with van der Waals surface area (Å²) in [5.41, 5.74) is 2.15. The summed E-state index contributed by atoms with van der Waals surface area (Å²) in [6.45, 7) is 4.92. The van der Waals surface area contributed by atoms with Gasteiger partial charge in [0.1, 0.15) is 5.01 Å². The van der Waals surface area contributed by atoms with Crippen molar-refractivity contribution in [2.75, 3.05) is 19.6 Å². The molecular weight excluding hydrogens is 306 g/mol. The van der Waals surface area contributed by atoms with E-state index in [4.69, 9.17) is 0 Å². The number of nitrogens with zero attached hydrogens (tertiary/aromatic N) is 1. The Bertz CT molecular complexity index is 701. The van der Waals surface area contributed by atoms with E-state index in [0.717, 1.165) is 47.7 Å². The van der Waals surface area contributed by atoms with E-state index in [1.807, 2.05) is 19.1 Å². The lowest BCUT2D eigenvalue weighted by molar-refractivity contribution is -0.120. The largest absolute Gasteiger partial charge is 0.355 e. The Balaban J connectivity index is 1.58. The molecule has 0 saturated carbocycles. The Labute approximate surface area is 141 Å². The molecule has 1 aromatic carbocycles. The summed E-state index contributed by atoms with van der Waals surface area (Å²) in [6, 6.07) is 6.21. The Kier molecular flexibility index (Phi) is 5.41. The normalized spacial score (nSPS) is 16.2. The third-order valence-corrected chi connectivity index (χ3v) is 5.19. The predicted octanol–water partition coefficient (Wildman–Crippen LogP) is 2.99. The van der Waals surface area contributed by atoms with Crippen molar-refractivity contribution in [1.82, 2.24) is 15.6 Å². The molecule has 4 nitrogen and oxygen atoms in total. The second-order valence-electron chi connectivity index (χ2n) is 6.01. The summed E-state index contributed by atoms with van der Waals surface area (Å²) in [5, 5.41) is 7.30. The highest BCUT2D eigenvalue weighted by Crippen LogP contribution is 2.24. The van der Waals surface area contributed by atoms with Crippen LogP contribution in [-0.2, 0) is 11.2 Å². The number of nitrogens with one attached hydrogen (secondary N) is 2. The highest BCUT2D eigenvalue weighted by atomic mass is 32.1.